The number of nitrogens with zero attached hydrogens (tertiary/aromatic N) is 1. The normalized spacial score (nSPS) is 30.2. The molecule has 5 heteroatoms. The van der Waals surface area contributed by atoms with Crippen molar-refractivity contribution >= 4 is 33.2 Å². The van der Waals surface area contributed by atoms with E-state index in [1.807, 2.05) is 12.1 Å². The largest absolute Gasteiger partial charge is 0.378 e. The van der Waals surface area contributed by atoms with Crippen molar-refractivity contribution in [3.63, 3.8) is 0 Å². The van der Waals surface area contributed by atoms with Gasteiger partial charge in [0.15, 0.2) is 0 Å². The molecule has 0 bridgehead atoms. The molecule has 0 radical (unpaired) electrons. The molecule has 3 N–H and O–H groups in total. The molecule has 2 aliphatic heterocycles. The smallest absolute Gasteiger partial charge is 0.0568 e. The molecule has 2 fully saturated rings. The SMILES string of the molecule is NCC1(Nc2ccc(Br)c(Cl)c2)CCN2CCCC2C1. The zero-order chi connectivity index (χ0) is 14.2. The average molecular weight is 359 g/mol. The Kier molecular flexibility index (Phi) is 4.27. The number of anilines is 1. The molecular weight excluding hydrogens is 338 g/mol. The van der Waals surface area contributed by atoms with Crippen LogP contribution < -0.4 is 11.1 Å². The van der Waals surface area contributed by atoms with Crippen LogP contribution in [0, 0.1) is 0 Å². The van der Waals surface area contributed by atoms with E-state index in [2.05, 4.69) is 32.2 Å². The molecule has 2 unspecified atom stereocenters. The number of rotatable bonds is 3. The summed E-state index contributed by atoms with van der Waals surface area (Å²) in [6, 6.07) is 6.73. The van der Waals surface area contributed by atoms with Gasteiger partial charge in [-0.1, -0.05) is 11.6 Å². The van der Waals surface area contributed by atoms with Crippen molar-refractivity contribution in [1.29, 1.82) is 0 Å². The van der Waals surface area contributed by atoms with Crippen molar-refractivity contribution in [2.45, 2.75) is 37.3 Å². The zero-order valence-corrected chi connectivity index (χ0v) is 13.9. The fourth-order valence-electron chi connectivity index (χ4n) is 3.56. The number of nitrogens with two attached hydrogens (primary N) is 1. The third kappa shape index (κ3) is 2.84. The summed E-state index contributed by atoms with van der Waals surface area (Å²) in [7, 11) is 0. The van der Waals surface area contributed by atoms with Crippen LogP contribution in [0.4, 0.5) is 5.69 Å². The predicted molar refractivity (Wildman–Crippen MR) is 88.4 cm³/mol. The first-order valence-electron chi connectivity index (χ1n) is 7.29. The van der Waals surface area contributed by atoms with Gasteiger partial charge in [-0.25, -0.2) is 0 Å². The van der Waals surface area contributed by atoms with E-state index < -0.39 is 0 Å². The van der Waals surface area contributed by atoms with Gasteiger partial charge in [-0.3, -0.25) is 0 Å². The van der Waals surface area contributed by atoms with Crippen LogP contribution in [-0.4, -0.2) is 36.1 Å². The Morgan fingerprint density at radius 2 is 2.30 bits per heavy atom. The van der Waals surface area contributed by atoms with Gasteiger partial charge >= 0.3 is 0 Å². The molecule has 0 amide bonds. The molecule has 2 saturated heterocycles. The van der Waals surface area contributed by atoms with Crippen molar-refractivity contribution in [1.82, 2.24) is 4.90 Å². The Labute approximate surface area is 134 Å². The maximum Gasteiger partial charge on any atom is 0.0568 e. The number of fused-ring (bicyclic) bond motifs is 1. The monoisotopic (exact) mass is 357 g/mol. The molecule has 0 saturated carbocycles. The summed E-state index contributed by atoms with van der Waals surface area (Å²) in [5.41, 5.74) is 7.19. The highest BCUT2D eigenvalue weighted by atomic mass is 79.9. The summed E-state index contributed by atoms with van der Waals surface area (Å²) in [6.07, 6.45) is 4.88. The van der Waals surface area contributed by atoms with E-state index >= 15 is 0 Å². The lowest BCUT2D eigenvalue weighted by Crippen LogP contribution is -2.55. The minimum absolute atomic E-state index is 0.0165. The summed E-state index contributed by atoms with van der Waals surface area (Å²) < 4.78 is 0.928. The molecular formula is C15H21BrClN3. The first kappa shape index (κ1) is 14.6. The Morgan fingerprint density at radius 1 is 1.45 bits per heavy atom. The number of hydrogen-bond donors (Lipinski definition) is 2. The molecule has 2 atom stereocenters. The van der Waals surface area contributed by atoms with Gasteiger partial charge in [0, 0.05) is 29.3 Å². The van der Waals surface area contributed by atoms with E-state index in [-0.39, 0.29) is 5.54 Å². The summed E-state index contributed by atoms with van der Waals surface area (Å²) in [6.45, 7) is 3.08. The number of benzene rings is 1. The fraction of sp³-hybridized carbons (Fsp3) is 0.600. The lowest BCUT2D eigenvalue weighted by Gasteiger charge is -2.44. The van der Waals surface area contributed by atoms with Crippen LogP contribution in [0.25, 0.3) is 0 Å². The van der Waals surface area contributed by atoms with Crippen LogP contribution in [0.3, 0.4) is 0 Å². The second-order valence-electron chi connectivity index (χ2n) is 6.02. The topological polar surface area (TPSA) is 41.3 Å². The molecule has 1 aromatic carbocycles. The number of piperidine rings is 1. The van der Waals surface area contributed by atoms with Gasteiger partial charge in [0.25, 0.3) is 0 Å². The molecule has 110 valence electrons. The first-order valence-corrected chi connectivity index (χ1v) is 8.46. The van der Waals surface area contributed by atoms with Crippen LogP contribution in [0.2, 0.25) is 5.02 Å². The molecule has 0 spiro atoms. The van der Waals surface area contributed by atoms with Gasteiger partial charge in [-0.15, -0.1) is 0 Å². The van der Waals surface area contributed by atoms with E-state index in [0.717, 1.165) is 34.6 Å². The Hall–Kier alpha value is -0.290. The molecule has 3 nitrogen and oxygen atoms in total. The molecule has 2 heterocycles. The highest BCUT2D eigenvalue weighted by Gasteiger charge is 2.40. The molecule has 0 aliphatic carbocycles. The van der Waals surface area contributed by atoms with Gasteiger partial charge in [-0.05, 0) is 66.4 Å². The van der Waals surface area contributed by atoms with E-state index in [1.165, 1.54) is 19.4 Å². The number of halogens is 2. The summed E-state index contributed by atoms with van der Waals surface area (Å²) in [4.78, 5) is 2.62. The molecule has 20 heavy (non-hydrogen) atoms. The second-order valence-corrected chi connectivity index (χ2v) is 7.29. The minimum atomic E-state index is 0.0165. The van der Waals surface area contributed by atoms with Crippen LogP contribution in [0.1, 0.15) is 25.7 Å². The van der Waals surface area contributed by atoms with Gasteiger partial charge < -0.3 is 16.0 Å². The standard InChI is InChI=1S/C15H21BrClN3/c16-13-4-3-11(8-14(13)17)19-15(10-18)5-7-20-6-1-2-12(20)9-15/h3-4,8,12,19H,1-2,5-7,9-10,18H2. The van der Waals surface area contributed by atoms with Crippen LogP contribution in [-0.2, 0) is 0 Å². The zero-order valence-electron chi connectivity index (χ0n) is 11.5. The summed E-state index contributed by atoms with van der Waals surface area (Å²) in [5.74, 6) is 0. The van der Waals surface area contributed by atoms with Gasteiger partial charge in [-0.2, -0.15) is 0 Å². The molecule has 3 rings (SSSR count). The predicted octanol–water partition coefficient (Wildman–Crippen LogP) is 3.47. The van der Waals surface area contributed by atoms with Crippen LogP contribution in [0.5, 0.6) is 0 Å². The lowest BCUT2D eigenvalue weighted by molar-refractivity contribution is 0.145. The quantitative estimate of drug-likeness (QED) is 0.869. The minimum Gasteiger partial charge on any atom is -0.378 e. The summed E-state index contributed by atoms with van der Waals surface area (Å²) >= 11 is 9.61. The van der Waals surface area contributed by atoms with Crippen LogP contribution in [0.15, 0.2) is 22.7 Å². The third-order valence-electron chi connectivity index (χ3n) is 4.72. The van der Waals surface area contributed by atoms with Crippen molar-refractivity contribution in [3.8, 4) is 0 Å². The Balaban J connectivity index is 1.77. The fourth-order valence-corrected chi connectivity index (χ4v) is 3.99. The van der Waals surface area contributed by atoms with E-state index in [9.17, 15) is 0 Å². The van der Waals surface area contributed by atoms with E-state index in [0.29, 0.717) is 12.6 Å². The molecule has 1 aromatic rings. The first-order chi connectivity index (χ1) is 9.62. The average Bonchev–Trinajstić information content (AvgIpc) is 2.90. The van der Waals surface area contributed by atoms with E-state index in [4.69, 9.17) is 17.3 Å². The Morgan fingerprint density at radius 3 is 3.05 bits per heavy atom. The van der Waals surface area contributed by atoms with Crippen molar-refractivity contribution in [2.24, 2.45) is 5.73 Å². The van der Waals surface area contributed by atoms with Crippen LogP contribution >= 0.6 is 27.5 Å². The number of nitrogens with one attached hydrogen (secondary N) is 1. The molecule has 0 aromatic heterocycles. The lowest BCUT2D eigenvalue weighted by atomic mass is 9.83. The van der Waals surface area contributed by atoms with Gasteiger partial charge in [0.1, 0.15) is 0 Å². The Bertz CT molecular complexity index is 496. The second kappa shape index (κ2) is 5.84. The van der Waals surface area contributed by atoms with Crippen molar-refractivity contribution in [2.75, 3.05) is 25.0 Å². The van der Waals surface area contributed by atoms with E-state index in [1.54, 1.807) is 0 Å². The maximum absolute atomic E-state index is 6.18. The van der Waals surface area contributed by atoms with Gasteiger partial charge in [0.05, 0.1) is 10.6 Å². The van der Waals surface area contributed by atoms with Gasteiger partial charge in [0.2, 0.25) is 0 Å². The highest BCUT2D eigenvalue weighted by Crippen LogP contribution is 2.36. The number of hydrogen-bond acceptors (Lipinski definition) is 3. The third-order valence-corrected chi connectivity index (χ3v) is 5.96. The summed E-state index contributed by atoms with van der Waals surface area (Å²) in [5, 5.41) is 4.40. The highest BCUT2D eigenvalue weighted by molar-refractivity contribution is 9.10. The molecule has 2 aliphatic rings. The van der Waals surface area contributed by atoms with Crippen molar-refractivity contribution in [3.05, 3.63) is 27.7 Å². The van der Waals surface area contributed by atoms with Crippen molar-refractivity contribution < 1.29 is 0 Å². The maximum atomic E-state index is 6.18.